The van der Waals surface area contributed by atoms with Gasteiger partial charge in [-0.1, -0.05) is 30.3 Å². The van der Waals surface area contributed by atoms with E-state index in [9.17, 15) is 0 Å². The van der Waals surface area contributed by atoms with E-state index in [1.807, 2.05) is 54.7 Å². The standard InChI is InChI=1S/C20H25N3O2.H3O4P/c1-22-10-12-23(13-11-22)21-15-18-8-9-19(24-2)20(14-18)25-16-17-6-4-3-5-7-17;1-5(2,3)4/h3-9,14-15H,10-13,16H2,1-2H3;(H3,1,2,3,4)/b21-15+;. The third-order valence-corrected chi connectivity index (χ3v) is 4.27. The van der Waals surface area contributed by atoms with Crippen molar-refractivity contribution in [3.63, 3.8) is 0 Å². The molecule has 164 valence electrons. The van der Waals surface area contributed by atoms with Gasteiger partial charge < -0.3 is 29.1 Å². The van der Waals surface area contributed by atoms with Crippen LogP contribution in [0.3, 0.4) is 0 Å². The van der Waals surface area contributed by atoms with E-state index >= 15 is 0 Å². The largest absolute Gasteiger partial charge is 0.493 e. The first-order valence-corrected chi connectivity index (χ1v) is 10.9. The van der Waals surface area contributed by atoms with Crippen LogP contribution in [0.4, 0.5) is 0 Å². The zero-order chi connectivity index (χ0) is 22.0. The predicted molar refractivity (Wildman–Crippen MR) is 115 cm³/mol. The van der Waals surface area contributed by atoms with Crippen LogP contribution in [0.15, 0.2) is 53.6 Å². The van der Waals surface area contributed by atoms with Crippen LogP contribution in [0.2, 0.25) is 0 Å². The molecule has 0 aromatic heterocycles. The molecule has 1 saturated heterocycles. The molecular weight excluding hydrogens is 409 g/mol. The summed E-state index contributed by atoms with van der Waals surface area (Å²) in [7, 11) is -0.844. The number of hydrazone groups is 1. The topological polar surface area (TPSA) is 115 Å². The first kappa shape index (κ1) is 23.9. The second-order valence-corrected chi connectivity index (χ2v) is 7.73. The van der Waals surface area contributed by atoms with Crippen LogP contribution < -0.4 is 9.47 Å². The number of rotatable bonds is 6. The smallest absolute Gasteiger partial charge is 0.466 e. The third-order valence-electron chi connectivity index (χ3n) is 4.27. The van der Waals surface area contributed by atoms with Gasteiger partial charge >= 0.3 is 7.82 Å². The van der Waals surface area contributed by atoms with Crippen LogP contribution in [-0.2, 0) is 11.2 Å². The number of piperazine rings is 1. The summed E-state index contributed by atoms with van der Waals surface area (Å²) in [5.74, 6) is 1.46. The number of hydrogen-bond acceptors (Lipinski definition) is 6. The van der Waals surface area contributed by atoms with Crippen LogP contribution in [-0.4, -0.2) is 71.1 Å². The summed E-state index contributed by atoms with van der Waals surface area (Å²) in [5.41, 5.74) is 2.13. The van der Waals surface area contributed by atoms with Crippen LogP contribution in [0.1, 0.15) is 11.1 Å². The summed E-state index contributed by atoms with van der Waals surface area (Å²) >= 11 is 0. The van der Waals surface area contributed by atoms with Crippen molar-refractivity contribution in [1.29, 1.82) is 0 Å². The average molecular weight is 437 g/mol. The average Bonchev–Trinajstić information content (AvgIpc) is 2.71. The Hall–Kier alpha value is -2.42. The Balaban J connectivity index is 0.000000575. The molecule has 1 aliphatic rings. The molecular formula is C20H28N3O6P. The van der Waals surface area contributed by atoms with E-state index in [2.05, 4.69) is 22.1 Å². The molecule has 3 rings (SSSR count). The van der Waals surface area contributed by atoms with Gasteiger partial charge in [-0.25, -0.2) is 4.57 Å². The van der Waals surface area contributed by atoms with E-state index < -0.39 is 7.82 Å². The maximum absolute atomic E-state index is 8.88. The molecule has 0 aliphatic carbocycles. The second kappa shape index (κ2) is 11.7. The number of nitrogens with zero attached hydrogens (tertiary/aromatic N) is 3. The summed E-state index contributed by atoms with van der Waals surface area (Å²) in [6.07, 6.45) is 1.89. The summed E-state index contributed by atoms with van der Waals surface area (Å²) in [5, 5.41) is 6.69. The lowest BCUT2D eigenvalue weighted by Gasteiger charge is -2.30. The monoisotopic (exact) mass is 437 g/mol. The predicted octanol–water partition coefficient (Wildman–Crippen LogP) is 1.93. The van der Waals surface area contributed by atoms with Crippen molar-refractivity contribution in [1.82, 2.24) is 9.91 Å². The molecule has 30 heavy (non-hydrogen) atoms. The molecule has 2 aromatic carbocycles. The molecule has 10 heteroatoms. The van der Waals surface area contributed by atoms with Gasteiger partial charge in [0.15, 0.2) is 11.5 Å². The van der Waals surface area contributed by atoms with E-state index in [1.54, 1.807) is 7.11 Å². The highest BCUT2D eigenvalue weighted by molar-refractivity contribution is 7.45. The molecule has 0 spiro atoms. The Kier molecular flexibility index (Phi) is 9.29. The fraction of sp³-hybridized carbons (Fsp3) is 0.350. The lowest BCUT2D eigenvalue weighted by Crippen LogP contribution is -2.41. The summed E-state index contributed by atoms with van der Waals surface area (Å²) in [6.45, 7) is 4.52. The van der Waals surface area contributed by atoms with Crippen molar-refractivity contribution in [2.45, 2.75) is 6.61 Å². The van der Waals surface area contributed by atoms with Gasteiger partial charge in [0, 0.05) is 26.2 Å². The van der Waals surface area contributed by atoms with Gasteiger partial charge in [-0.3, -0.25) is 5.01 Å². The van der Waals surface area contributed by atoms with Crippen LogP contribution >= 0.6 is 7.82 Å². The Morgan fingerprint density at radius 2 is 1.67 bits per heavy atom. The van der Waals surface area contributed by atoms with Gasteiger partial charge in [0.1, 0.15) is 6.61 Å². The molecule has 9 nitrogen and oxygen atoms in total. The molecule has 0 saturated carbocycles. The van der Waals surface area contributed by atoms with Gasteiger partial charge in [-0.2, -0.15) is 5.10 Å². The van der Waals surface area contributed by atoms with Gasteiger partial charge in [-0.05, 0) is 36.4 Å². The number of hydrogen-bond donors (Lipinski definition) is 3. The molecule has 1 aliphatic heterocycles. The molecule has 0 radical (unpaired) electrons. The van der Waals surface area contributed by atoms with E-state index in [0.717, 1.165) is 48.8 Å². The van der Waals surface area contributed by atoms with Crippen LogP contribution in [0.25, 0.3) is 0 Å². The van der Waals surface area contributed by atoms with Gasteiger partial charge in [0.2, 0.25) is 0 Å². The van der Waals surface area contributed by atoms with E-state index in [0.29, 0.717) is 6.61 Å². The maximum atomic E-state index is 8.88. The molecule has 0 atom stereocenters. The van der Waals surface area contributed by atoms with E-state index in [1.165, 1.54) is 0 Å². The minimum atomic E-state index is -4.64. The highest BCUT2D eigenvalue weighted by Crippen LogP contribution is 2.28. The minimum Gasteiger partial charge on any atom is -0.493 e. The van der Waals surface area contributed by atoms with Gasteiger partial charge in [0.05, 0.1) is 13.3 Å². The first-order valence-electron chi connectivity index (χ1n) is 9.35. The Morgan fingerprint density at radius 3 is 2.27 bits per heavy atom. The summed E-state index contributed by atoms with van der Waals surface area (Å²) < 4.78 is 20.2. The summed E-state index contributed by atoms with van der Waals surface area (Å²) in [6, 6.07) is 16.0. The maximum Gasteiger partial charge on any atom is 0.466 e. The highest BCUT2D eigenvalue weighted by Gasteiger charge is 2.11. The quantitative estimate of drug-likeness (QED) is 0.464. The normalized spacial score (nSPS) is 14.9. The van der Waals surface area contributed by atoms with Crippen molar-refractivity contribution in [3.8, 4) is 11.5 Å². The summed E-state index contributed by atoms with van der Waals surface area (Å²) in [4.78, 5) is 23.9. The SMILES string of the molecule is COc1ccc(/C=N/N2CCN(C)CC2)cc1OCc1ccccc1.O=P(O)(O)O. The number of benzene rings is 2. The van der Waals surface area contributed by atoms with Crippen LogP contribution in [0, 0.1) is 0 Å². The lowest BCUT2D eigenvalue weighted by molar-refractivity contribution is 0.159. The fourth-order valence-corrected chi connectivity index (χ4v) is 2.68. The fourth-order valence-electron chi connectivity index (χ4n) is 2.68. The van der Waals surface area contributed by atoms with Crippen molar-refractivity contribution in [2.24, 2.45) is 5.10 Å². The van der Waals surface area contributed by atoms with E-state index in [-0.39, 0.29) is 0 Å². The molecule has 0 unspecified atom stereocenters. The van der Waals surface area contributed by atoms with Crippen molar-refractivity contribution < 1.29 is 28.7 Å². The van der Waals surface area contributed by atoms with Crippen molar-refractivity contribution in [2.75, 3.05) is 40.3 Å². The molecule has 0 amide bonds. The zero-order valence-corrected chi connectivity index (χ0v) is 18.0. The Bertz CT molecular complexity index is 843. The van der Waals surface area contributed by atoms with Gasteiger partial charge in [0.25, 0.3) is 0 Å². The van der Waals surface area contributed by atoms with Crippen molar-refractivity contribution in [3.05, 3.63) is 59.7 Å². The van der Waals surface area contributed by atoms with Crippen molar-refractivity contribution >= 4 is 14.0 Å². The third kappa shape index (κ3) is 9.39. The molecule has 1 heterocycles. The first-order chi connectivity index (χ1) is 14.2. The number of phosphoric acid groups is 1. The van der Waals surface area contributed by atoms with Crippen LogP contribution in [0.5, 0.6) is 11.5 Å². The number of methoxy groups -OCH3 is 1. The molecule has 0 bridgehead atoms. The lowest BCUT2D eigenvalue weighted by atomic mass is 10.2. The molecule has 2 aromatic rings. The Morgan fingerprint density at radius 1 is 1.03 bits per heavy atom. The minimum absolute atomic E-state index is 0.510. The highest BCUT2D eigenvalue weighted by atomic mass is 31.2. The van der Waals surface area contributed by atoms with E-state index in [4.69, 9.17) is 28.7 Å². The number of ether oxygens (including phenoxy) is 2. The zero-order valence-electron chi connectivity index (χ0n) is 17.1. The van der Waals surface area contributed by atoms with Gasteiger partial charge in [-0.15, -0.1) is 0 Å². The number of likely N-dealkylation sites (N-methyl/N-ethyl adjacent to an activating group) is 1. The molecule has 1 fully saturated rings. The Labute approximate surface area is 176 Å². The molecule has 3 N–H and O–H groups in total. The second-order valence-electron chi connectivity index (χ2n) is 6.70.